The lowest BCUT2D eigenvalue weighted by atomic mass is 9.75. The molecule has 0 saturated heterocycles. The van der Waals surface area contributed by atoms with Crippen LogP contribution in [0.3, 0.4) is 0 Å². The number of hydrogen-bond acceptors (Lipinski definition) is 2. The number of nitrogens with one attached hydrogen (secondary N) is 1. The van der Waals surface area contributed by atoms with Crippen LogP contribution in [-0.4, -0.2) is 37.1 Å². The Morgan fingerprint density at radius 2 is 1.84 bits per heavy atom. The fourth-order valence-corrected chi connectivity index (χ4v) is 3.33. The van der Waals surface area contributed by atoms with Gasteiger partial charge in [0.15, 0.2) is 0 Å². The lowest BCUT2D eigenvalue weighted by molar-refractivity contribution is 0.125. The van der Waals surface area contributed by atoms with Crippen molar-refractivity contribution in [1.29, 1.82) is 0 Å². The van der Waals surface area contributed by atoms with Gasteiger partial charge >= 0.3 is 0 Å². The highest BCUT2D eigenvalue weighted by Crippen LogP contribution is 2.36. The average molecular weight is 268 g/mol. The summed E-state index contributed by atoms with van der Waals surface area (Å²) in [6, 6.07) is 1.57. The van der Waals surface area contributed by atoms with Gasteiger partial charge < -0.3 is 10.2 Å². The van der Waals surface area contributed by atoms with E-state index in [0.717, 1.165) is 18.6 Å². The molecule has 0 heterocycles. The maximum absolute atomic E-state index is 3.58. The van der Waals surface area contributed by atoms with Crippen molar-refractivity contribution >= 4 is 0 Å². The molecule has 1 aliphatic rings. The predicted octanol–water partition coefficient (Wildman–Crippen LogP) is 4.06. The lowest BCUT2D eigenvalue weighted by Gasteiger charge is -2.38. The first-order chi connectivity index (χ1) is 8.98. The van der Waals surface area contributed by atoms with Crippen molar-refractivity contribution in [3.05, 3.63) is 0 Å². The standard InChI is InChI=1S/C17H36N2/c1-6-15(18-7-2)9-8-14-19(5)16-10-12-17(3,4)13-11-16/h15-16,18H,6-14H2,1-5H3. The van der Waals surface area contributed by atoms with Crippen molar-refractivity contribution in [2.45, 2.75) is 84.7 Å². The van der Waals surface area contributed by atoms with E-state index in [1.165, 1.54) is 51.5 Å². The predicted molar refractivity (Wildman–Crippen MR) is 85.7 cm³/mol. The fourth-order valence-electron chi connectivity index (χ4n) is 3.33. The molecule has 0 aliphatic heterocycles. The van der Waals surface area contributed by atoms with Gasteiger partial charge in [-0.25, -0.2) is 0 Å². The van der Waals surface area contributed by atoms with Crippen LogP contribution in [0, 0.1) is 5.41 Å². The molecule has 0 aromatic carbocycles. The molecule has 0 spiro atoms. The Hall–Kier alpha value is -0.0800. The SMILES string of the molecule is CCNC(CC)CCCN(C)C1CCC(C)(C)CC1. The summed E-state index contributed by atoms with van der Waals surface area (Å²) < 4.78 is 0. The van der Waals surface area contributed by atoms with E-state index < -0.39 is 0 Å². The summed E-state index contributed by atoms with van der Waals surface area (Å²) in [4.78, 5) is 2.62. The van der Waals surface area contributed by atoms with Crippen molar-refractivity contribution in [2.24, 2.45) is 5.41 Å². The molecule has 19 heavy (non-hydrogen) atoms. The zero-order chi connectivity index (χ0) is 14.3. The third kappa shape index (κ3) is 6.27. The molecule has 1 saturated carbocycles. The minimum atomic E-state index is 0.593. The molecule has 0 bridgehead atoms. The summed E-state index contributed by atoms with van der Waals surface area (Å²) >= 11 is 0. The van der Waals surface area contributed by atoms with Crippen molar-refractivity contribution in [3.63, 3.8) is 0 Å². The Balaban J connectivity index is 2.19. The van der Waals surface area contributed by atoms with Crippen LogP contribution in [0.5, 0.6) is 0 Å². The van der Waals surface area contributed by atoms with E-state index in [-0.39, 0.29) is 0 Å². The summed E-state index contributed by atoms with van der Waals surface area (Å²) in [5, 5.41) is 3.58. The Labute approximate surface area is 121 Å². The summed E-state index contributed by atoms with van der Waals surface area (Å²) in [6.07, 6.45) is 9.51. The van der Waals surface area contributed by atoms with Gasteiger partial charge in [-0.15, -0.1) is 0 Å². The quantitative estimate of drug-likeness (QED) is 0.714. The molecule has 1 aliphatic carbocycles. The third-order valence-electron chi connectivity index (χ3n) is 4.98. The number of nitrogens with zero attached hydrogens (tertiary/aromatic N) is 1. The van der Waals surface area contributed by atoms with Crippen LogP contribution < -0.4 is 5.32 Å². The van der Waals surface area contributed by atoms with E-state index in [1.54, 1.807) is 0 Å². The third-order valence-corrected chi connectivity index (χ3v) is 4.98. The Morgan fingerprint density at radius 1 is 1.21 bits per heavy atom. The highest BCUT2D eigenvalue weighted by Gasteiger charge is 2.28. The van der Waals surface area contributed by atoms with E-state index in [4.69, 9.17) is 0 Å². The molecule has 1 rings (SSSR count). The van der Waals surface area contributed by atoms with Crippen LogP contribution in [0.1, 0.15) is 72.6 Å². The van der Waals surface area contributed by atoms with E-state index in [9.17, 15) is 0 Å². The topological polar surface area (TPSA) is 15.3 Å². The van der Waals surface area contributed by atoms with Crippen molar-refractivity contribution in [3.8, 4) is 0 Å². The largest absolute Gasteiger partial charge is 0.314 e. The molecule has 1 atom stereocenters. The second kappa shape index (κ2) is 8.26. The maximum Gasteiger partial charge on any atom is 0.00926 e. The van der Waals surface area contributed by atoms with Gasteiger partial charge in [-0.05, 0) is 70.5 Å². The average Bonchev–Trinajstić information content (AvgIpc) is 2.37. The molecule has 0 amide bonds. The van der Waals surface area contributed by atoms with E-state index in [1.807, 2.05) is 0 Å². The molecule has 0 aromatic rings. The van der Waals surface area contributed by atoms with Crippen LogP contribution in [0.4, 0.5) is 0 Å². The smallest absolute Gasteiger partial charge is 0.00926 e. The monoisotopic (exact) mass is 268 g/mol. The molecule has 0 aromatic heterocycles. The van der Waals surface area contributed by atoms with Gasteiger partial charge in [0.2, 0.25) is 0 Å². The summed E-state index contributed by atoms with van der Waals surface area (Å²) in [5.41, 5.74) is 0.593. The van der Waals surface area contributed by atoms with Crippen LogP contribution in [0.25, 0.3) is 0 Å². The molecule has 114 valence electrons. The molecule has 1 fully saturated rings. The summed E-state index contributed by atoms with van der Waals surface area (Å²) in [6.45, 7) is 11.7. The normalized spacial score (nSPS) is 21.8. The van der Waals surface area contributed by atoms with Crippen LogP contribution in [-0.2, 0) is 0 Å². The Bertz CT molecular complexity index is 227. The van der Waals surface area contributed by atoms with Crippen LogP contribution in [0.15, 0.2) is 0 Å². The molecule has 2 nitrogen and oxygen atoms in total. The highest BCUT2D eigenvalue weighted by atomic mass is 15.1. The van der Waals surface area contributed by atoms with Gasteiger partial charge in [-0.1, -0.05) is 27.7 Å². The van der Waals surface area contributed by atoms with Crippen molar-refractivity contribution in [1.82, 2.24) is 10.2 Å². The second-order valence-corrected chi connectivity index (χ2v) is 7.18. The van der Waals surface area contributed by atoms with Gasteiger partial charge in [0.25, 0.3) is 0 Å². The number of hydrogen-bond donors (Lipinski definition) is 1. The Morgan fingerprint density at radius 3 is 2.37 bits per heavy atom. The minimum absolute atomic E-state index is 0.593. The van der Waals surface area contributed by atoms with Gasteiger partial charge in [-0.2, -0.15) is 0 Å². The van der Waals surface area contributed by atoms with E-state index in [0.29, 0.717) is 5.41 Å². The van der Waals surface area contributed by atoms with E-state index >= 15 is 0 Å². The van der Waals surface area contributed by atoms with Crippen LogP contribution in [0.2, 0.25) is 0 Å². The molecule has 1 N–H and O–H groups in total. The number of rotatable bonds is 8. The minimum Gasteiger partial charge on any atom is -0.314 e. The van der Waals surface area contributed by atoms with Crippen molar-refractivity contribution in [2.75, 3.05) is 20.1 Å². The zero-order valence-corrected chi connectivity index (χ0v) is 14.0. The highest BCUT2D eigenvalue weighted by molar-refractivity contribution is 4.83. The van der Waals surface area contributed by atoms with E-state index in [2.05, 4.69) is 45.0 Å². The van der Waals surface area contributed by atoms with Crippen molar-refractivity contribution < 1.29 is 0 Å². The second-order valence-electron chi connectivity index (χ2n) is 7.18. The zero-order valence-electron chi connectivity index (χ0n) is 14.0. The molecular formula is C17H36N2. The fraction of sp³-hybridized carbons (Fsp3) is 1.00. The van der Waals surface area contributed by atoms with Gasteiger partial charge in [-0.3, -0.25) is 0 Å². The molecule has 1 unspecified atom stereocenters. The van der Waals surface area contributed by atoms with Gasteiger partial charge in [0.05, 0.1) is 0 Å². The van der Waals surface area contributed by atoms with Gasteiger partial charge in [0, 0.05) is 12.1 Å². The first-order valence-electron chi connectivity index (χ1n) is 8.42. The maximum atomic E-state index is 3.58. The lowest BCUT2D eigenvalue weighted by Crippen LogP contribution is -2.38. The van der Waals surface area contributed by atoms with Crippen LogP contribution >= 0.6 is 0 Å². The first-order valence-corrected chi connectivity index (χ1v) is 8.42. The molecular weight excluding hydrogens is 232 g/mol. The summed E-state index contributed by atoms with van der Waals surface area (Å²) in [5.74, 6) is 0. The van der Waals surface area contributed by atoms with Gasteiger partial charge in [0.1, 0.15) is 0 Å². The molecule has 0 radical (unpaired) electrons. The first kappa shape index (κ1) is 17.0. The molecule has 2 heteroatoms. The Kier molecular flexibility index (Phi) is 7.38. The summed E-state index contributed by atoms with van der Waals surface area (Å²) in [7, 11) is 2.33.